The molecule has 47 heavy (non-hydrogen) atoms. The van der Waals surface area contributed by atoms with Crippen molar-refractivity contribution in [3.05, 3.63) is 112 Å². The minimum absolute atomic E-state index is 0.0739. The van der Waals surface area contributed by atoms with Gasteiger partial charge in [0.2, 0.25) is 0 Å². The van der Waals surface area contributed by atoms with Crippen molar-refractivity contribution in [3.8, 4) is 35.1 Å². The molecule has 1 aromatic heterocycles. The third-order valence-electron chi connectivity index (χ3n) is 7.39. The third-order valence-corrected chi connectivity index (χ3v) is 8.72. The number of rotatable bonds is 15. The average molecular weight is 652 g/mol. The number of aromatic nitrogens is 1. The van der Waals surface area contributed by atoms with Crippen molar-refractivity contribution in [3.63, 3.8) is 0 Å². The van der Waals surface area contributed by atoms with Gasteiger partial charge in [-0.25, -0.2) is 0 Å². The molecule has 4 aromatic rings. The van der Waals surface area contributed by atoms with Crippen LogP contribution in [-0.4, -0.2) is 59.2 Å². The summed E-state index contributed by atoms with van der Waals surface area (Å²) in [6.45, 7) is 8.16. The van der Waals surface area contributed by atoms with Crippen LogP contribution in [0.4, 0.5) is 0 Å². The number of hydrogen-bond acceptors (Lipinski definition) is 8. The van der Waals surface area contributed by atoms with Crippen molar-refractivity contribution >= 4 is 10.1 Å². The Balaban J connectivity index is 1.15. The molecule has 0 aliphatic heterocycles. The standard InChI is InChI=1S/C37H37N3O6S/c1-28-9-15-35(16-10-28)47(41,42)46-23-22-45-21-20-44-19-18-43-17-5-8-31-6-4-7-33(24-31)27-40-29(2)36(26-39)37(30(40)3)34-13-11-32(25-38)12-14-34/h4,6-7,9-16,24H,17-23,27H2,1-3H3. The lowest BCUT2D eigenvalue weighted by Gasteiger charge is -2.10. The van der Waals surface area contributed by atoms with Crippen LogP contribution in [0.3, 0.4) is 0 Å². The van der Waals surface area contributed by atoms with Gasteiger partial charge in [0, 0.05) is 29.1 Å². The molecule has 0 unspecified atom stereocenters. The number of nitriles is 2. The maximum atomic E-state index is 12.1. The van der Waals surface area contributed by atoms with Crippen molar-refractivity contribution in [2.24, 2.45) is 0 Å². The Morgan fingerprint density at radius 3 is 2.04 bits per heavy atom. The quantitative estimate of drug-likeness (QED) is 0.0914. The number of aryl methyl sites for hydroxylation is 1. The summed E-state index contributed by atoms with van der Waals surface area (Å²) in [6.07, 6.45) is 0. The van der Waals surface area contributed by atoms with E-state index < -0.39 is 10.1 Å². The van der Waals surface area contributed by atoms with E-state index in [4.69, 9.17) is 23.7 Å². The predicted molar refractivity (Wildman–Crippen MR) is 178 cm³/mol. The zero-order chi connectivity index (χ0) is 33.6. The second-order valence-electron chi connectivity index (χ2n) is 10.7. The molecule has 9 nitrogen and oxygen atoms in total. The van der Waals surface area contributed by atoms with Crippen LogP contribution in [0.1, 0.15) is 39.2 Å². The fourth-order valence-electron chi connectivity index (χ4n) is 4.93. The molecule has 10 heteroatoms. The molecule has 0 atom stereocenters. The number of nitrogens with zero attached hydrogens (tertiary/aromatic N) is 3. The molecule has 3 aromatic carbocycles. The van der Waals surface area contributed by atoms with Gasteiger partial charge in [-0.2, -0.15) is 18.9 Å². The second kappa shape index (κ2) is 17.3. The molecular weight excluding hydrogens is 614 g/mol. The summed E-state index contributed by atoms with van der Waals surface area (Å²) >= 11 is 0. The van der Waals surface area contributed by atoms with Gasteiger partial charge in [-0.05, 0) is 68.3 Å². The molecule has 0 aliphatic rings. The topological polar surface area (TPSA) is 124 Å². The Bertz CT molecular complexity index is 1910. The highest BCUT2D eigenvalue weighted by atomic mass is 32.2. The third kappa shape index (κ3) is 9.88. The second-order valence-corrected chi connectivity index (χ2v) is 12.3. The first kappa shape index (κ1) is 35.1. The summed E-state index contributed by atoms with van der Waals surface area (Å²) in [5, 5.41) is 19.1. The van der Waals surface area contributed by atoms with Crippen LogP contribution < -0.4 is 0 Å². The molecule has 0 saturated heterocycles. The fraction of sp³-hybridized carbons (Fsp3) is 0.297. The maximum Gasteiger partial charge on any atom is 0.297 e. The van der Waals surface area contributed by atoms with Crippen LogP contribution in [0.5, 0.6) is 0 Å². The summed E-state index contributed by atoms with van der Waals surface area (Å²) in [6, 6.07) is 26.3. The van der Waals surface area contributed by atoms with E-state index in [2.05, 4.69) is 28.5 Å². The Morgan fingerprint density at radius 1 is 0.723 bits per heavy atom. The van der Waals surface area contributed by atoms with E-state index in [1.54, 1.807) is 24.3 Å². The minimum atomic E-state index is -3.79. The first-order chi connectivity index (χ1) is 22.7. The van der Waals surface area contributed by atoms with E-state index in [0.29, 0.717) is 44.1 Å². The van der Waals surface area contributed by atoms with Crippen LogP contribution in [0.15, 0.2) is 77.7 Å². The van der Waals surface area contributed by atoms with Gasteiger partial charge in [0.15, 0.2) is 0 Å². The summed E-state index contributed by atoms with van der Waals surface area (Å²) in [5.41, 5.74) is 7.78. The van der Waals surface area contributed by atoms with E-state index in [-0.39, 0.29) is 24.7 Å². The zero-order valence-electron chi connectivity index (χ0n) is 26.8. The molecule has 0 aliphatic carbocycles. The lowest BCUT2D eigenvalue weighted by atomic mass is 10.0. The van der Waals surface area contributed by atoms with Crippen LogP contribution in [0.25, 0.3) is 11.1 Å². The van der Waals surface area contributed by atoms with Crippen LogP contribution in [-0.2, 0) is 35.1 Å². The van der Waals surface area contributed by atoms with Crippen LogP contribution in [0.2, 0.25) is 0 Å². The molecule has 0 radical (unpaired) electrons. The van der Waals surface area contributed by atoms with Crippen molar-refractivity contribution in [1.82, 2.24) is 4.57 Å². The summed E-state index contributed by atoms with van der Waals surface area (Å²) in [4.78, 5) is 0.120. The number of benzene rings is 3. The monoisotopic (exact) mass is 651 g/mol. The molecule has 1 heterocycles. The van der Waals surface area contributed by atoms with E-state index in [1.807, 2.05) is 57.2 Å². The van der Waals surface area contributed by atoms with Crippen LogP contribution >= 0.6 is 0 Å². The van der Waals surface area contributed by atoms with E-state index in [1.165, 1.54) is 12.1 Å². The SMILES string of the molecule is Cc1ccc(S(=O)(=O)OCCOCCOCCOCC#Cc2cccc(Cn3c(C)c(C#N)c(-c4ccc(C#N)cc4)c3C)c2)cc1. The number of ether oxygens (including phenoxy) is 3. The van der Waals surface area contributed by atoms with Gasteiger partial charge in [0.1, 0.15) is 12.7 Å². The van der Waals surface area contributed by atoms with Crippen molar-refractivity contribution in [2.45, 2.75) is 32.2 Å². The van der Waals surface area contributed by atoms with E-state index >= 15 is 0 Å². The van der Waals surface area contributed by atoms with Crippen LogP contribution in [0, 0.1) is 55.3 Å². The highest BCUT2D eigenvalue weighted by Crippen LogP contribution is 2.32. The predicted octanol–water partition coefficient (Wildman–Crippen LogP) is 5.68. The fourth-order valence-corrected chi connectivity index (χ4v) is 5.82. The van der Waals surface area contributed by atoms with Gasteiger partial charge >= 0.3 is 0 Å². The van der Waals surface area contributed by atoms with Gasteiger partial charge < -0.3 is 18.8 Å². The normalized spacial score (nSPS) is 11.0. The highest BCUT2D eigenvalue weighted by Gasteiger charge is 2.19. The summed E-state index contributed by atoms with van der Waals surface area (Å²) in [7, 11) is -3.79. The molecule has 0 saturated carbocycles. The molecule has 242 valence electrons. The van der Waals surface area contributed by atoms with Crippen molar-refractivity contribution in [2.75, 3.05) is 46.2 Å². The van der Waals surface area contributed by atoms with Gasteiger partial charge in [-0.15, -0.1) is 0 Å². The lowest BCUT2D eigenvalue weighted by molar-refractivity contribution is 0.0146. The van der Waals surface area contributed by atoms with Gasteiger partial charge in [-0.1, -0.05) is 53.8 Å². The Hall–Kier alpha value is -4.73. The minimum Gasteiger partial charge on any atom is -0.377 e. The Morgan fingerprint density at radius 2 is 1.38 bits per heavy atom. The van der Waals surface area contributed by atoms with Crippen molar-refractivity contribution < 1.29 is 26.8 Å². The molecular formula is C37H37N3O6S. The summed E-state index contributed by atoms with van der Waals surface area (Å²) < 4.78 is 47.8. The van der Waals surface area contributed by atoms with Gasteiger partial charge in [0.05, 0.1) is 61.7 Å². The molecule has 0 bridgehead atoms. The lowest BCUT2D eigenvalue weighted by Crippen LogP contribution is -2.14. The number of hydrogen-bond donors (Lipinski definition) is 0. The van der Waals surface area contributed by atoms with Crippen molar-refractivity contribution in [1.29, 1.82) is 10.5 Å². The Kier molecular flexibility index (Phi) is 12.9. The average Bonchev–Trinajstić information content (AvgIpc) is 3.31. The highest BCUT2D eigenvalue weighted by molar-refractivity contribution is 7.86. The molecule has 4 rings (SSSR count). The first-order valence-corrected chi connectivity index (χ1v) is 16.5. The summed E-state index contributed by atoms with van der Waals surface area (Å²) in [5.74, 6) is 6.17. The molecule has 0 amide bonds. The van der Waals surface area contributed by atoms with E-state index in [0.717, 1.165) is 39.2 Å². The van der Waals surface area contributed by atoms with Gasteiger partial charge in [0.25, 0.3) is 10.1 Å². The maximum absolute atomic E-state index is 12.1. The molecule has 0 N–H and O–H groups in total. The zero-order valence-corrected chi connectivity index (χ0v) is 27.6. The largest absolute Gasteiger partial charge is 0.377 e. The Labute approximate surface area is 277 Å². The smallest absolute Gasteiger partial charge is 0.297 e. The first-order valence-electron chi connectivity index (χ1n) is 15.1. The van der Waals surface area contributed by atoms with Gasteiger partial charge in [-0.3, -0.25) is 4.18 Å². The molecule has 0 fully saturated rings. The molecule has 0 spiro atoms. The van der Waals surface area contributed by atoms with E-state index in [9.17, 15) is 13.7 Å².